The first-order chi connectivity index (χ1) is 12.1. The van der Waals surface area contributed by atoms with Crippen LogP contribution in [-0.4, -0.2) is 46.2 Å². The van der Waals surface area contributed by atoms with Crippen LogP contribution in [0.2, 0.25) is 0 Å². The Morgan fingerprint density at radius 2 is 2.24 bits per heavy atom. The standard InChI is InChI=1S/C19H25N3O3/c1-14(2)24-12-9-15-7-4-6-11-22(15)19(23)18-13-17(21-25-18)16-8-3-5-10-20-16/h3,5,8,10,13-15H,4,6-7,9,11-12H2,1-2H3. The van der Waals surface area contributed by atoms with Crippen LogP contribution in [-0.2, 0) is 4.74 Å². The van der Waals surface area contributed by atoms with E-state index in [0.717, 1.165) is 32.2 Å². The zero-order valence-electron chi connectivity index (χ0n) is 14.9. The van der Waals surface area contributed by atoms with E-state index in [0.29, 0.717) is 18.0 Å². The molecular formula is C19H25N3O3. The molecule has 1 saturated heterocycles. The van der Waals surface area contributed by atoms with E-state index in [1.807, 2.05) is 36.9 Å². The summed E-state index contributed by atoms with van der Waals surface area (Å²) in [5.74, 6) is 0.182. The molecule has 0 N–H and O–H groups in total. The highest BCUT2D eigenvalue weighted by atomic mass is 16.5. The predicted octanol–water partition coefficient (Wildman–Crippen LogP) is 3.55. The molecule has 0 aromatic carbocycles. The number of hydrogen-bond acceptors (Lipinski definition) is 5. The largest absolute Gasteiger partial charge is 0.379 e. The van der Waals surface area contributed by atoms with Crippen LogP contribution in [0.15, 0.2) is 35.0 Å². The van der Waals surface area contributed by atoms with Gasteiger partial charge in [-0.15, -0.1) is 0 Å². The smallest absolute Gasteiger partial charge is 0.292 e. The molecule has 2 aromatic rings. The number of pyridine rings is 1. The minimum absolute atomic E-state index is 0.0936. The molecule has 1 atom stereocenters. The molecule has 1 aliphatic heterocycles. The first-order valence-electron chi connectivity index (χ1n) is 8.96. The molecular weight excluding hydrogens is 318 g/mol. The van der Waals surface area contributed by atoms with E-state index < -0.39 is 0 Å². The third-order valence-corrected chi connectivity index (χ3v) is 4.44. The maximum Gasteiger partial charge on any atom is 0.292 e. The van der Waals surface area contributed by atoms with Crippen molar-refractivity contribution < 1.29 is 14.1 Å². The number of rotatable bonds is 6. The number of hydrogen-bond donors (Lipinski definition) is 0. The van der Waals surface area contributed by atoms with Gasteiger partial charge in [0.2, 0.25) is 5.76 Å². The molecule has 134 valence electrons. The number of ether oxygens (including phenoxy) is 1. The van der Waals surface area contributed by atoms with Crippen LogP contribution in [0.3, 0.4) is 0 Å². The highest BCUT2D eigenvalue weighted by Crippen LogP contribution is 2.24. The average Bonchev–Trinajstić information content (AvgIpc) is 3.12. The third-order valence-electron chi connectivity index (χ3n) is 4.44. The first-order valence-corrected chi connectivity index (χ1v) is 8.96. The molecule has 1 aliphatic rings. The second-order valence-electron chi connectivity index (χ2n) is 6.65. The van der Waals surface area contributed by atoms with Crippen molar-refractivity contribution in [1.29, 1.82) is 0 Å². The van der Waals surface area contributed by atoms with Crippen molar-refractivity contribution in [2.75, 3.05) is 13.2 Å². The molecule has 2 aromatic heterocycles. The Kier molecular flexibility index (Phi) is 5.81. The van der Waals surface area contributed by atoms with Gasteiger partial charge >= 0.3 is 0 Å². The van der Waals surface area contributed by atoms with Crippen LogP contribution < -0.4 is 0 Å². The van der Waals surface area contributed by atoms with E-state index in [1.165, 1.54) is 0 Å². The monoisotopic (exact) mass is 343 g/mol. The van der Waals surface area contributed by atoms with Gasteiger partial charge in [0.25, 0.3) is 5.91 Å². The molecule has 0 spiro atoms. The summed E-state index contributed by atoms with van der Waals surface area (Å²) in [7, 11) is 0. The molecule has 1 amide bonds. The number of aromatic nitrogens is 2. The van der Waals surface area contributed by atoms with Gasteiger partial charge in [-0.1, -0.05) is 11.2 Å². The van der Waals surface area contributed by atoms with Gasteiger partial charge in [-0.25, -0.2) is 0 Å². The summed E-state index contributed by atoms with van der Waals surface area (Å²) < 4.78 is 11.0. The SMILES string of the molecule is CC(C)OCCC1CCCCN1C(=O)c1cc(-c2ccccn2)no1. The molecule has 1 fully saturated rings. The van der Waals surface area contributed by atoms with Crippen LogP contribution >= 0.6 is 0 Å². The minimum Gasteiger partial charge on any atom is -0.379 e. The Bertz CT molecular complexity index is 684. The molecule has 1 unspecified atom stereocenters. The molecule has 3 heterocycles. The average molecular weight is 343 g/mol. The Labute approximate surface area is 148 Å². The lowest BCUT2D eigenvalue weighted by Crippen LogP contribution is -2.44. The summed E-state index contributed by atoms with van der Waals surface area (Å²) in [4.78, 5) is 19.0. The van der Waals surface area contributed by atoms with E-state index in [1.54, 1.807) is 12.3 Å². The first kappa shape index (κ1) is 17.6. The summed E-state index contributed by atoms with van der Waals surface area (Å²) in [5.41, 5.74) is 1.28. The number of likely N-dealkylation sites (tertiary alicyclic amines) is 1. The van der Waals surface area contributed by atoms with E-state index in [4.69, 9.17) is 9.26 Å². The number of nitrogens with zero attached hydrogens (tertiary/aromatic N) is 3. The number of carbonyl (C=O) groups is 1. The fourth-order valence-corrected chi connectivity index (χ4v) is 3.16. The minimum atomic E-state index is -0.0936. The summed E-state index contributed by atoms with van der Waals surface area (Å²) in [6.07, 6.45) is 5.93. The molecule has 0 aliphatic carbocycles. The second kappa shape index (κ2) is 8.25. The Hall–Kier alpha value is -2.21. The molecule has 6 nitrogen and oxygen atoms in total. The van der Waals surface area contributed by atoms with Crippen LogP contribution in [0.1, 0.15) is 50.1 Å². The zero-order chi connectivity index (χ0) is 17.6. The van der Waals surface area contributed by atoms with Gasteiger partial charge in [0.05, 0.1) is 11.8 Å². The van der Waals surface area contributed by atoms with Gasteiger partial charge in [-0.3, -0.25) is 9.78 Å². The summed E-state index contributed by atoms with van der Waals surface area (Å²) in [6.45, 7) is 5.47. The zero-order valence-corrected chi connectivity index (χ0v) is 14.9. The fourth-order valence-electron chi connectivity index (χ4n) is 3.16. The van der Waals surface area contributed by atoms with Crippen LogP contribution in [0.4, 0.5) is 0 Å². The van der Waals surface area contributed by atoms with E-state index in [-0.39, 0.29) is 23.8 Å². The molecule has 0 bridgehead atoms. The number of carbonyl (C=O) groups excluding carboxylic acids is 1. The van der Waals surface area contributed by atoms with E-state index in [2.05, 4.69) is 10.1 Å². The van der Waals surface area contributed by atoms with Gasteiger partial charge in [0.1, 0.15) is 5.69 Å². The van der Waals surface area contributed by atoms with Crippen molar-refractivity contribution in [1.82, 2.24) is 15.0 Å². The Morgan fingerprint density at radius 3 is 3.00 bits per heavy atom. The fraction of sp³-hybridized carbons (Fsp3) is 0.526. The summed E-state index contributed by atoms with van der Waals surface area (Å²) >= 11 is 0. The normalized spacial score (nSPS) is 17.9. The number of amides is 1. The van der Waals surface area contributed by atoms with Crippen molar-refractivity contribution >= 4 is 5.91 Å². The van der Waals surface area contributed by atoms with Crippen LogP contribution in [0.5, 0.6) is 0 Å². The lowest BCUT2D eigenvalue weighted by Gasteiger charge is -2.35. The van der Waals surface area contributed by atoms with Crippen molar-refractivity contribution in [3.05, 3.63) is 36.2 Å². The predicted molar refractivity (Wildman–Crippen MR) is 94.1 cm³/mol. The van der Waals surface area contributed by atoms with Gasteiger partial charge in [-0.05, 0) is 51.7 Å². The van der Waals surface area contributed by atoms with Gasteiger partial charge in [0.15, 0.2) is 0 Å². The highest BCUT2D eigenvalue weighted by molar-refractivity contribution is 5.92. The lowest BCUT2D eigenvalue weighted by molar-refractivity contribution is 0.0374. The number of piperidine rings is 1. The quantitative estimate of drug-likeness (QED) is 0.802. The topological polar surface area (TPSA) is 68.5 Å². The second-order valence-corrected chi connectivity index (χ2v) is 6.65. The molecule has 25 heavy (non-hydrogen) atoms. The molecule has 6 heteroatoms. The summed E-state index contributed by atoms with van der Waals surface area (Å²) in [5, 5.41) is 4.00. The third kappa shape index (κ3) is 4.45. The summed E-state index contributed by atoms with van der Waals surface area (Å²) in [6, 6.07) is 7.45. The van der Waals surface area contributed by atoms with Crippen molar-refractivity contribution in [3.8, 4) is 11.4 Å². The maximum atomic E-state index is 12.9. The van der Waals surface area contributed by atoms with Crippen molar-refractivity contribution in [2.24, 2.45) is 0 Å². The van der Waals surface area contributed by atoms with Gasteiger partial charge in [-0.2, -0.15) is 0 Å². The van der Waals surface area contributed by atoms with Gasteiger partial charge in [0, 0.05) is 31.5 Å². The van der Waals surface area contributed by atoms with Crippen LogP contribution in [0.25, 0.3) is 11.4 Å². The lowest BCUT2D eigenvalue weighted by atomic mass is 9.99. The maximum absolute atomic E-state index is 12.9. The molecule has 0 saturated carbocycles. The van der Waals surface area contributed by atoms with E-state index >= 15 is 0 Å². The highest BCUT2D eigenvalue weighted by Gasteiger charge is 2.29. The molecule has 0 radical (unpaired) electrons. The molecule has 3 rings (SSSR count). The van der Waals surface area contributed by atoms with E-state index in [9.17, 15) is 4.79 Å². The Morgan fingerprint density at radius 1 is 1.36 bits per heavy atom. The van der Waals surface area contributed by atoms with Crippen molar-refractivity contribution in [3.63, 3.8) is 0 Å². The Balaban J connectivity index is 1.69. The van der Waals surface area contributed by atoms with Crippen molar-refractivity contribution in [2.45, 2.75) is 51.7 Å². The van der Waals surface area contributed by atoms with Gasteiger partial charge < -0.3 is 14.2 Å². The van der Waals surface area contributed by atoms with Crippen LogP contribution in [0, 0.1) is 0 Å².